The first kappa shape index (κ1) is 23.9. The number of nitriles is 1. The highest BCUT2D eigenvalue weighted by Gasteiger charge is 2.45. The summed E-state index contributed by atoms with van der Waals surface area (Å²) in [6.45, 7) is 8.46. The number of thiophene rings is 1. The Balaban J connectivity index is 2.03. The van der Waals surface area contributed by atoms with Crippen molar-refractivity contribution in [2.45, 2.75) is 57.1 Å². The van der Waals surface area contributed by atoms with Crippen molar-refractivity contribution in [2.75, 3.05) is 10.7 Å². The third-order valence-corrected chi connectivity index (χ3v) is 8.98. The topological polar surface area (TPSA) is 70.1 Å². The zero-order valence-electron chi connectivity index (χ0n) is 19.4. The number of carbonyl (C=O) groups is 1. The van der Waals surface area contributed by atoms with E-state index in [1.54, 1.807) is 29.2 Å². The number of hydrogen-bond acceptors (Lipinski definition) is 6. The van der Waals surface area contributed by atoms with Crippen LogP contribution in [0.1, 0.15) is 56.9 Å². The van der Waals surface area contributed by atoms with Gasteiger partial charge in [0.15, 0.2) is 5.78 Å². The Hall–Kier alpha value is -2.20. The number of thioether (sulfide) groups is 1. The van der Waals surface area contributed by atoms with E-state index in [1.807, 2.05) is 23.1 Å². The van der Waals surface area contributed by atoms with Gasteiger partial charge in [0.2, 0.25) is 0 Å². The maximum absolute atomic E-state index is 13.7. The summed E-state index contributed by atoms with van der Waals surface area (Å²) < 4.78 is 1.16. The Morgan fingerprint density at radius 3 is 2.67 bits per heavy atom. The van der Waals surface area contributed by atoms with E-state index in [0.29, 0.717) is 40.5 Å². The van der Waals surface area contributed by atoms with Gasteiger partial charge in [-0.2, -0.15) is 5.26 Å². The molecule has 0 unspecified atom stereocenters. The van der Waals surface area contributed by atoms with Gasteiger partial charge in [0.05, 0.1) is 32.5 Å². The molecular formula is C26H28ClN3OS2. The summed E-state index contributed by atoms with van der Waals surface area (Å²) in [5, 5.41) is 10.8. The molecule has 0 saturated carbocycles. The first-order valence-electron chi connectivity index (χ1n) is 11.2. The summed E-state index contributed by atoms with van der Waals surface area (Å²) in [5.74, 6) is 0.915. The Morgan fingerprint density at radius 2 is 2.03 bits per heavy atom. The summed E-state index contributed by atoms with van der Waals surface area (Å²) in [4.78, 5) is 16.8. The van der Waals surface area contributed by atoms with Gasteiger partial charge >= 0.3 is 0 Å². The van der Waals surface area contributed by atoms with Crippen LogP contribution in [-0.2, 0) is 11.2 Å². The lowest BCUT2D eigenvalue weighted by Crippen LogP contribution is -2.42. The van der Waals surface area contributed by atoms with Crippen molar-refractivity contribution < 1.29 is 4.79 Å². The molecule has 1 atom stereocenters. The number of Topliss-reactive ketones (excluding diaryl/α,β-unsaturated/α-hetero) is 1. The standard InChI is InChI=1S/C26H28ClN3OS2/c1-5-15-11-16(25(33-15)32-6-2)22-17(14-28)24(29)30(19-10-8-7-9-18(19)27)20-12-26(3,4)13-21(31)23(20)22/h7-11,22H,5-6,12-13,29H2,1-4H3/t22-/m1/s1. The molecule has 4 nitrogen and oxygen atoms in total. The number of rotatable bonds is 5. The van der Waals surface area contributed by atoms with Crippen LogP contribution in [0.25, 0.3) is 0 Å². The van der Waals surface area contributed by atoms with Crippen molar-refractivity contribution in [2.24, 2.45) is 11.1 Å². The number of halogens is 1. The lowest BCUT2D eigenvalue weighted by Gasteiger charge is -2.44. The molecule has 4 rings (SSSR count). The van der Waals surface area contributed by atoms with E-state index in [9.17, 15) is 10.1 Å². The predicted molar refractivity (Wildman–Crippen MR) is 139 cm³/mol. The highest BCUT2D eigenvalue weighted by Crippen LogP contribution is 2.53. The van der Waals surface area contributed by atoms with Gasteiger partial charge in [0.25, 0.3) is 0 Å². The molecule has 0 fully saturated rings. The number of carbonyl (C=O) groups excluding carboxylic acids is 1. The van der Waals surface area contributed by atoms with Crippen molar-refractivity contribution in [3.63, 3.8) is 0 Å². The molecule has 7 heteroatoms. The van der Waals surface area contributed by atoms with Crippen LogP contribution in [0.3, 0.4) is 0 Å². The summed E-state index contributed by atoms with van der Waals surface area (Å²) >= 11 is 10.1. The van der Waals surface area contributed by atoms with E-state index >= 15 is 0 Å². The quantitative estimate of drug-likeness (QED) is 0.449. The Labute approximate surface area is 209 Å². The molecule has 1 aliphatic heterocycles. The second-order valence-corrected chi connectivity index (χ2v) is 12.3. The normalized spacial score (nSPS) is 20.2. The van der Waals surface area contributed by atoms with Crippen LogP contribution >= 0.6 is 34.7 Å². The molecule has 2 aliphatic rings. The van der Waals surface area contributed by atoms with Gasteiger partial charge < -0.3 is 5.73 Å². The second-order valence-electron chi connectivity index (χ2n) is 9.17. The van der Waals surface area contributed by atoms with Crippen LogP contribution in [-0.4, -0.2) is 11.5 Å². The van der Waals surface area contributed by atoms with E-state index in [0.717, 1.165) is 27.6 Å². The van der Waals surface area contributed by atoms with Crippen molar-refractivity contribution in [1.82, 2.24) is 0 Å². The van der Waals surface area contributed by atoms with Crippen LogP contribution < -0.4 is 10.6 Å². The molecule has 0 bridgehead atoms. The Bertz CT molecular complexity index is 1220. The first-order chi connectivity index (χ1) is 15.7. The van der Waals surface area contributed by atoms with E-state index in [1.165, 1.54) is 4.88 Å². The minimum absolute atomic E-state index is 0.0836. The van der Waals surface area contributed by atoms with Crippen molar-refractivity contribution in [3.05, 3.63) is 68.5 Å². The smallest absolute Gasteiger partial charge is 0.162 e. The molecule has 1 aliphatic carbocycles. The summed E-state index contributed by atoms with van der Waals surface area (Å²) in [7, 11) is 0. The zero-order valence-corrected chi connectivity index (χ0v) is 21.8. The third kappa shape index (κ3) is 4.23. The zero-order chi connectivity index (χ0) is 23.9. The Kier molecular flexibility index (Phi) is 6.68. The van der Waals surface area contributed by atoms with Gasteiger partial charge in [0.1, 0.15) is 5.82 Å². The molecule has 2 aromatic rings. The van der Waals surface area contributed by atoms with Gasteiger partial charge in [-0.15, -0.1) is 23.1 Å². The van der Waals surface area contributed by atoms with Crippen LogP contribution in [0, 0.1) is 16.7 Å². The number of aryl methyl sites for hydroxylation is 1. The van der Waals surface area contributed by atoms with Gasteiger partial charge in [-0.25, -0.2) is 0 Å². The van der Waals surface area contributed by atoms with Crippen LogP contribution in [0.4, 0.5) is 5.69 Å². The average Bonchev–Trinajstić information content (AvgIpc) is 3.16. The summed E-state index contributed by atoms with van der Waals surface area (Å²) in [6, 6.07) is 12.0. The number of hydrogen-bond donors (Lipinski definition) is 1. The molecule has 0 radical (unpaired) electrons. The highest BCUT2D eigenvalue weighted by atomic mass is 35.5. The van der Waals surface area contributed by atoms with Gasteiger partial charge in [-0.3, -0.25) is 9.69 Å². The maximum atomic E-state index is 13.7. The van der Waals surface area contributed by atoms with Crippen molar-refractivity contribution >= 4 is 46.2 Å². The molecule has 2 N–H and O–H groups in total. The number of nitrogens with two attached hydrogens (primary N) is 1. The van der Waals surface area contributed by atoms with E-state index in [-0.39, 0.29) is 11.2 Å². The van der Waals surface area contributed by atoms with E-state index in [2.05, 4.69) is 39.8 Å². The molecule has 0 spiro atoms. The fraction of sp³-hybridized carbons (Fsp3) is 0.385. The number of benzene rings is 1. The molecule has 1 aromatic heterocycles. The minimum atomic E-state index is -0.446. The second kappa shape index (κ2) is 9.21. The summed E-state index contributed by atoms with van der Waals surface area (Å²) in [6.07, 6.45) is 2.03. The molecule has 0 saturated heterocycles. The lowest BCUT2D eigenvalue weighted by atomic mass is 9.69. The molecule has 172 valence electrons. The number of allylic oxidation sites excluding steroid dienone is 3. The minimum Gasteiger partial charge on any atom is -0.384 e. The van der Waals surface area contributed by atoms with Crippen LogP contribution in [0.5, 0.6) is 0 Å². The predicted octanol–water partition coefficient (Wildman–Crippen LogP) is 7.02. The number of nitrogens with zero attached hydrogens (tertiary/aromatic N) is 2. The summed E-state index contributed by atoms with van der Waals surface area (Å²) in [5.41, 5.74) is 10.2. The average molecular weight is 498 g/mol. The highest BCUT2D eigenvalue weighted by molar-refractivity contribution is 8.01. The molecular weight excluding hydrogens is 470 g/mol. The maximum Gasteiger partial charge on any atom is 0.162 e. The van der Waals surface area contributed by atoms with Crippen LogP contribution in [0.15, 0.2) is 57.2 Å². The fourth-order valence-electron chi connectivity index (χ4n) is 4.79. The SMILES string of the molecule is CCSc1sc(CC)cc1[C@@H]1C(C#N)=C(N)N(c2ccccc2Cl)C2=C1C(=O)CC(C)(C)C2. The van der Waals surface area contributed by atoms with Crippen molar-refractivity contribution in [3.8, 4) is 6.07 Å². The number of para-hydroxylation sites is 1. The van der Waals surface area contributed by atoms with Gasteiger partial charge in [0, 0.05) is 22.6 Å². The monoisotopic (exact) mass is 497 g/mol. The molecule has 1 aromatic carbocycles. The van der Waals surface area contributed by atoms with Gasteiger partial charge in [-0.1, -0.05) is 51.4 Å². The number of anilines is 1. The first-order valence-corrected chi connectivity index (χ1v) is 13.4. The van der Waals surface area contributed by atoms with Crippen molar-refractivity contribution in [1.29, 1.82) is 5.26 Å². The molecule has 2 heterocycles. The largest absolute Gasteiger partial charge is 0.384 e. The van der Waals surface area contributed by atoms with E-state index < -0.39 is 5.92 Å². The third-order valence-electron chi connectivity index (χ3n) is 6.19. The Morgan fingerprint density at radius 1 is 1.30 bits per heavy atom. The van der Waals surface area contributed by atoms with Gasteiger partial charge in [-0.05, 0) is 47.8 Å². The fourth-order valence-corrected chi connectivity index (χ4v) is 7.39. The lowest BCUT2D eigenvalue weighted by molar-refractivity contribution is -0.118. The molecule has 0 amide bonds. The van der Waals surface area contributed by atoms with Crippen LogP contribution in [0.2, 0.25) is 5.02 Å². The van der Waals surface area contributed by atoms with E-state index in [4.69, 9.17) is 17.3 Å². The molecule has 33 heavy (non-hydrogen) atoms. The number of ketones is 1.